The zero-order valence-electron chi connectivity index (χ0n) is 36.9. The zero-order chi connectivity index (χ0) is 45.0. The number of carbonyl (C=O) groups excluding carboxylic acids is 4. The van der Waals surface area contributed by atoms with Gasteiger partial charge >= 0.3 is 12.1 Å². The molecule has 1 saturated heterocycles. The summed E-state index contributed by atoms with van der Waals surface area (Å²) >= 11 is 0. The number of likely N-dealkylation sites (tertiary alicyclic amines) is 1. The number of nitrogens with one attached hydrogen (secondary N) is 3. The molecule has 338 valence electrons. The fourth-order valence-corrected chi connectivity index (χ4v) is 9.13. The Morgan fingerprint density at radius 3 is 2.02 bits per heavy atom. The second-order valence-electron chi connectivity index (χ2n) is 16.7. The Balaban J connectivity index is 2.18. The summed E-state index contributed by atoms with van der Waals surface area (Å²) in [7, 11) is 4.54. The summed E-state index contributed by atoms with van der Waals surface area (Å²) in [6.45, 7) is 14.5. The normalized spacial score (nSPS) is 18.6. The smallest absolute Gasteiger partial charge is 0.379 e. The van der Waals surface area contributed by atoms with Crippen molar-refractivity contribution >= 4 is 33.7 Å². The van der Waals surface area contributed by atoms with Crippen LogP contribution in [0, 0.1) is 23.7 Å². The lowest BCUT2D eigenvalue weighted by molar-refractivity contribution is -0.173. The molecule has 1 aromatic carbocycles. The van der Waals surface area contributed by atoms with E-state index in [2.05, 4.69) is 28.8 Å². The van der Waals surface area contributed by atoms with E-state index in [4.69, 9.17) is 9.47 Å². The average Bonchev–Trinajstić information content (AvgIpc) is 3.64. The number of hydrogen-bond acceptors (Lipinski definition) is 10. The highest BCUT2D eigenvalue weighted by atomic mass is 32.2. The minimum Gasteiger partial charge on any atom is -0.379 e. The van der Waals surface area contributed by atoms with E-state index in [-0.39, 0.29) is 41.7 Å². The van der Waals surface area contributed by atoms with E-state index in [1.165, 1.54) is 45.4 Å². The number of amides is 4. The molecule has 0 spiro atoms. The van der Waals surface area contributed by atoms with Crippen molar-refractivity contribution < 1.29 is 50.2 Å². The lowest BCUT2D eigenvalue weighted by Gasteiger charge is -2.41. The topological polar surface area (TPSA) is 167 Å². The monoisotopic (exact) mass is 862 g/mol. The summed E-state index contributed by atoms with van der Waals surface area (Å²) in [5.74, 6) is -4.48. The molecule has 0 aromatic heterocycles. The standard InChI is InChI=1S/C41H69F3N6O8S/c1-13-27(6)36(49(10)39(53)35(26(4)5)45-23-32(25(2)3)48(8)9)33(57-11)21-34(51)50-20-14-15-31(50)37(58-12)28(7)38(52)47-59(55,56)24-30-18-16-29(17-19-30)22-46-40(54)41(42,43)44/h16-19,25-28,31-33,35-37,45H,13-15,20-24H2,1-12H3,(H,46,54)(H,47,52)/t27-,28+,31-,32+,33+,35-,36-,37+/m0/s1. The lowest BCUT2D eigenvalue weighted by Crippen LogP contribution is -2.58. The quantitative estimate of drug-likeness (QED) is 0.147. The number of sulfonamides is 1. The Hall–Kier alpha value is -3.32. The predicted octanol–water partition coefficient (Wildman–Crippen LogP) is 3.93. The van der Waals surface area contributed by atoms with Crippen LogP contribution in [-0.2, 0) is 51.0 Å². The Kier molecular flexibility index (Phi) is 20.2. The third-order valence-electron chi connectivity index (χ3n) is 11.5. The van der Waals surface area contributed by atoms with Gasteiger partial charge in [0.1, 0.15) is 0 Å². The van der Waals surface area contributed by atoms with E-state index in [0.29, 0.717) is 37.4 Å². The van der Waals surface area contributed by atoms with Crippen LogP contribution in [0.2, 0.25) is 0 Å². The molecule has 8 atom stereocenters. The summed E-state index contributed by atoms with van der Waals surface area (Å²) in [6, 6.07) is 4.30. The zero-order valence-corrected chi connectivity index (χ0v) is 37.7. The van der Waals surface area contributed by atoms with Gasteiger partial charge in [0, 0.05) is 46.9 Å². The maximum absolute atomic E-state index is 14.2. The molecule has 1 aromatic rings. The van der Waals surface area contributed by atoms with Gasteiger partial charge in [-0.05, 0) is 55.8 Å². The molecule has 0 radical (unpaired) electrons. The third-order valence-corrected chi connectivity index (χ3v) is 12.7. The van der Waals surface area contributed by atoms with E-state index in [9.17, 15) is 40.8 Å². The van der Waals surface area contributed by atoms with Crippen molar-refractivity contribution in [3.63, 3.8) is 0 Å². The van der Waals surface area contributed by atoms with E-state index in [1.807, 2.05) is 41.8 Å². The highest BCUT2D eigenvalue weighted by molar-refractivity contribution is 7.89. The van der Waals surface area contributed by atoms with Gasteiger partial charge in [0.25, 0.3) is 0 Å². The van der Waals surface area contributed by atoms with Crippen LogP contribution in [0.15, 0.2) is 24.3 Å². The fourth-order valence-electron chi connectivity index (χ4n) is 7.93. The largest absolute Gasteiger partial charge is 0.471 e. The summed E-state index contributed by atoms with van der Waals surface area (Å²) in [5, 5.41) is 5.27. The number of alkyl halides is 3. The Morgan fingerprint density at radius 2 is 1.53 bits per heavy atom. The van der Waals surface area contributed by atoms with E-state index < -0.39 is 76.6 Å². The molecule has 0 bridgehead atoms. The van der Waals surface area contributed by atoms with Crippen molar-refractivity contribution in [2.75, 3.05) is 48.5 Å². The van der Waals surface area contributed by atoms with Crippen LogP contribution in [0.25, 0.3) is 0 Å². The van der Waals surface area contributed by atoms with Gasteiger partial charge in [-0.2, -0.15) is 13.2 Å². The van der Waals surface area contributed by atoms with Crippen LogP contribution in [0.1, 0.15) is 85.3 Å². The van der Waals surface area contributed by atoms with Crippen LogP contribution in [0.3, 0.4) is 0 Å². The van der Waals surface area contributed by atoms with E-state index >= 15 is 0 Å². The van der Waals surface area contributed by atoms with Crippen LogP contribution in [0.5, 0.6) is 0 Å². The van der Waals surface area contributed by atoms with Crippen LogP contribution < -0.4 is 15.4 Å². The number of methoxy groups -OCH3 is 2. The number of halogens is 3. The van der Waals surface area contributed by atoms with Gasteiger partial charge < -0.3 is 34.8 Å². The van der Waals surface area contributed by atoms with Crippen molar-refractivity contribution in [1.29, 1.82) is 0 Å². The first kappa shape index (κ1) is 51.8. The van der Waals surface area contributed by atoms with Crippen molar-refractivity contribution in [2.24, 2.45) is 23.7 Å². The first-order valence-corrected chi connectivity index (χ1v) is 22.0. The summed E-state index contributed by atoms with van der Waals surface area (Å²) in [4.78, 5) is 58.4. The molecule has 3 N–H and O–H groups in total. The highest BCUT2D eigenvalue weighted by Gasteiger charge is 2.43. The fraction of sp³-hybridized carbons (Fsp3) is 0.756. The van der Waals surface area contributed by atoms with Gasteiger partial charge in [0.2, 0.25) is 27.7 Å². The molecular weight excluding hydrogens is 794 g/mol. The van der Waals surface area contributed by atoms with Gasteiger partial charge in [-0.15, -0.1) is 0 Å². The number of carbonyl (C=O) groups is 4. The summed E-state index contributed by atoms with van der Waals surface area (Å²) in [6.07, 6.45) is -4.68. The van der Waals surface area contributed by atoms with Gasteiger partial charge in [-0.25, -0.2) is 8.42 Å². The minimum atomic E-state index is -5.03. The number of benzene rings is 1. The second kappa shape index (κ2) is 23.0. The molecule has 1 heterocycles. The summed E-state index contributed by atoms with van der Waals surface area (Å²) in [5.41, 5.74) is 0.575. The first-order chi connectivity index (χ1) is 27.4. The van der Waals surface area contributed by atoms with E-state index in [0.717, 1.165) is 6.42 Å². The molecular formula is C41H69F3N6O8S. The van der Waals surface area contributed by atoms with Gasteiger partial charge in [0.05, 0.1) is 48.4 Å². The number of ether oxygens (including phenoxy) is 2. The molecule has 14 nitrogen and oxygen atoms in total. The highest BCUT2D eigenvalue weighted by Crippen LogP contribution is 2.30. The van der Waals surface area contributed by atoms with Crippen LogP contribution in [0.4, 0.5) is 13.2 Å². The van der Waals surface area contributed by atoms with Crippen molar-refractivity contribution in [3.8, 4) is 0 Å². The maximum atomic E-state index is 14.2. The molecule has 2 rings (SSSR count). The van der Waals surface area contributed by atoms with Crippen molar-refractivity contribution in [2.45, 2.75) is 129 Å². The number of rotatable bonds is 23. The maximum Gasteiger partial charge on any atom is 0.471 e. The van der Waals surface area contributed by atoms with Gasteiger partial charge in [0.15, 0.2) is 0 Å². The number of hydrogen-bond donors (Lipinski definition) is 3. The second-order valence-corrected chi connectivity index (χ2v) is 18.4. The van der Waals surface area contributed by atoms with Crippen LogP contribution in [-0.4, -0.2) is 138 Å². The Bertz CT molecular complexity index is 1620. The molecule has 1 aliphatic heterocycles. The van der Waals surface area contributed by atoms with Crippen LogP contribution >= 0.6 is 0 Å². The SMILES string of the molecule is CC[C@H](C)[C@@H]([C@@H](CC(=O)N1CCC[C@H]1[C@H](OC)[C@@H](C)C(=O)NS(=O)(=O)Cc1ccc(CNC(=O)C(F)(F)F)cc1)OC)N(C)C(=O)[C@@H](NC[C@H](C(C)C)N(C)C)C(C)C. The van der Waals surface area contributed by atoms with Gasteiger partial charge in [-0.1, -0.05) is 79.2 Å². The molecule has 0 unspecified atom stereocenters. The molecule has 59 heavy (non-hydrogen) atoms. The first-order valence-electron chi connectivity index (χ1n) is 20.4. The Morgan fingerprint density at radius 1 is 0.932 bits per heavy atom. The molecule has 1 aliphatic rings. The Labute approximate surface area is 349 Å². The van der Waals surface area contributed by atoms with Crippen molar-refractivity contribution in [3.05, 3.63) is 35.4 Å². The predicted molar refractivity (Wildman–Crippen MR) is 220 cm³/mol. The van der Waals surface area contributed by atoms with Crippen molar-refractivity contribution in [1.82, 2.24) is 30.1 Å². The molecule has 1 fully saturated rings. The lowest BCUT2D eigenvalue weighted by atomic mass is 9.89. The molecule has 4 amide bonds. The number of likely N-dealkylation sites (N-methyl/N-ethyl adjacent to an activating group) is 2. The third kappa shape index (κ3) is 15.0. The summed E-state index contributed by atoms with van der Waals surface area (Å²) < 4.78 is 77.5. The molecule has 18 heteroatoms. The number of nitrogens with zero attached hydrogens (tertiary/aromatic N) is 3. The van der Waals surface area contributed by atoms with Gasteiger partial charge in [-0.3, -0.25) is 23.9 Å². The molecule has 0 saturated carbocycles. The minimum absolute atomic E-state index is 0.00355. The average molecular weight is 863 g/mol. The molecule has 0 aliphatic carbocycles. The van der Waals surface area contributed by atoms with E-state index in [1.54, 1.807) is 22.2 Å².